The highest BCUT2D eigenvalue weighted by Gasteiger charge is 2.28. The van der Waals surface area contributed by atoms with Gasteiger partial charge in [-0.25, -0.2) is 8.42 Å². The molecule has 5 heteroatoms. The maximum absolute atomic E-state index is 11.9. The molecule has 1 heterocycles. The standard InChI is InChI=1S/C12H13ClO3S/c1-8(2)16-6-9-7-17(14,15)11-5-3-4-10(13)12(9)11/h3-5,7-8H,6H2,1-2H3. The van der Waals surface area contributed by atoms with E-state index in [1.807, 2.05) is 13.8 Å². The van der Waals surface area contributed by atoms with Gasteiger partial charge >= 0.3 is 0 Å². The number of benzene rings is 1. The number of halogens is 1. The molecular formula is C12H13ClO3S. The molecule has 3 nitrogen and oxygen atoms in total. The minimum Gasteiger partial charge on any atom is -0.374 e. The first-order valence-electron chi connectivity index (χ1n) is 5.28. The Balaban J connectivity index is 2.45. The molecule has 2 rings (SSSR count). The van der Waals surface area contributed by atoms with Gasteiger partial charge in [0.2, 0.25) is 9.84 Å². The first-order chi connectivity index (χ1) is 7.92. The Kier molecular flexibility index (Phi) is 3.30. The van der Waals surface area contributed by atoms with E-state index in [-0.39, 0.29) is 17.6 Å². The van der Waals surface area contributed by atoms with Crippen LogP contribution in [0.25, 0.3) is 5.57 Å². The van der Waals surface area contributed by atoms with Gasteiger partial charge in [-0.2, -0.15) is 0 Å². The van der Waals surface area contributed by atoms with Gasteiger partial charge in [-0.1, -0.05) is 17.7 Å². The van der Waals surface area contributed by atoms with Gasteiger partial charge in [0.25, 0.3) is 0 Å². The van der Waals surface area contributed by atoms with Crippen LogP contribution in [0, 0.1) is 0 Å². The van der Waals surface area contributed by atoms with Crippen LogP contribution in [0.4, 0.5) is 0 Å². The zero-order valence-electron chi connectivity index (χ0n) is 9.60. The lowest BCUT2D eigenvalue weighted by atomic mass is 10.1. The lowest BCUT2D eigenvalue weighted by Gasteiger charge is -2.09. The Morgan fingerprint density at radius 2 is 2.06 bits per heavy atom. The summed E-state index contributed by atoms with van der Waals surface area (Å²) in [4.78, 5) is 0.271. The molecule has 0 spiro atoms. The molecule has 0 amide bonds. The van der Waals surface area contributed by atoms with E-state index in [0.29, 0.717) is 16.2 Å². The second-order valence-electron chi connectivity index (χ2n) is 4.16. The molecule has 0 saturated carbocycles. The Morgan fingerprint density at radius 3 is 2.71 bits per heavy atom. The predicted octanol–water partition coefficient (Wildman–Crippen LogP) is 2.89. The second kappa shape index (κ2) is 4.44. The number of ether oxygens (including phenoxy) is 1. The smallest absolute Gasteiger partial charge is 0.200 e. The van der Waals surface area contributed by atoms with Gasteiger partial charge in [0.1, 0.15) is 0 Å². The zero-order valence-corrected chi connectivity index (χ0v) is 11.2. The van der Waals surface area contributed by atoms with Crippen molar-refractivity contribution in [2.75, 3.05) is 6.61 Å². The van der Waals surface area contributed by atoms with Crippen LogP contribution in [0.3, 0.4) is 0 Å². The topological polar surface area (TPSA) is 43.4 Å². The largest absolute Gasteiger partial charge is 0.374 e. The highest BCUT2D eigenvalue weighted by Crippen LogP contribution is 2.38. The third-order valence-electron chi connectivity index (χ3n) is 2.47. The molecule has 1 aromatic rings. The minimum atomic E-state index is -3.35. The van der Waals surface area contributed by atoms with Crippen LogP contribution in [0.15, 0.2) is 28.5 Å². The van der Waals surface area contributed by atoms with Crippen molar-refractivity contribution in [3.05, 3.63) is 34.2 Å². The average molecular weight is 273 g/mol. The van der Waals surface area contributed by atoms with Gasteiger partial charge in [0.15, 0.2) is 0 Å². The summed E-state index contributed by atoms with van der Waals surface area (Å²) < 4.78 is 29.2. The van der Waals surface area contributed by atoms with E-state index < -0.39 is 9.84 Å². The van der Waals surface area contributed by atoms with Gasteiger partial charge in [-0.3, -0.25) is 0 Å². The number of sulfone groups is 1. The molecule has 0 radical (unpaired) electrons. The molecule has 1 aliphatic rings. The highest BCUT2D eigenvalue weighted by molar-refractivity contribution is 7.95. The average Bonchev–Trinajstić information content (AvgIpc) is 2.49. The monoisotopic (exact) mass is 272 g/mol. The van der Waals surface area contributed by atoms with Crippen molar-refractivity contribution in [3.8, 4) is 0 Å². The van der Waals surface area contributed by atoms with Crippen LogP contribution in [0.1, 0.15) is 19.4 Å². The summed E-state index contributed by atoms with van der Waals surface area (Å²) in [6.45, 7) is 4.06. The molecule has 0 fully saturated rings. The lowest BCUT2D eigenvalue weighted by molar-refractivity contribution is 0.107. The third kappa shape index (κ3) is 2.39. The van der Waals surface area contributed by atoms with Crippen LogP contribution in [0.5, 0.6) is 0 Å². The normalized spacial score (nSPS) is 17.1. The van der Waals surface area contributed by atoms with Crippen molar-refractivity contribution in [1.82, 2.24) is 0 Å². The summed E-state index contributed by atoms with van der Waals surface area (Å²) in [7, 11) is -3.35. The Hall–Kier alpha value is -0.840. The third-order valence-corrected chi connectivity index (χ3v) is 4.34. The van der Waals surface area contributed by atoms with Crippen molar-refractivity contribution in [2.45, 2.75) is 24.8 Å². The zero-order chi connectivity index (χ0) is 12.6. The van der Waals surface area contributed by atoms with E-state index in [1.165, 1.54) is 5.41 Å². The van der Waals surface area contributed by atoms with Crippen molar-refractivity contribution in [3.63, 3.8) is 0 Å². The first-order valence-corrected chi connectivity index (χ1v) is 7.20. The fourth-order valence-corrected chi connectivity index (χ4v) is 3.56. The highest BCUT2D eigenvalue weighted by atomic mass is 35.5. The van der Waals surface area contributed by atoms with Crippen LogP contribution < -0.4 is 0 Å². The molecule has 0 saturated heterocycles. The van der Waals surface area contributed by atoms with Gasteiger partial charge in [-0.15, -0.1) is 0 Å². The number of rotatable bonds is 3. The second-order valence-corrected chi connectivity index (χ2v) is 6.33. The van der Waals surface area contributed by atoms with E-state index in [4.69, 9.17) is 16.3 Å². The molecule has 0 atom stereocenters. The van der Waals surface area contributed by atoms with Gasteiger partial charge in [0, 0.05) is 16.0 Å². The van der Waals surface area contributed by atoms with Gasteiger partial charge in [0.05, 0.1) is 17.6 Å². The van der Waals surface area contributed by atoms with Crippen molar-refractivity contribution < 1.29 is 13.2 Å². The van der Waals surface area contributed by atoms with E-state index >= 15 is 0 Å². The summed E-state index contributed by atoms with van der Waals surface area (Å²) in [6.07, 6.45) is 0.0464. The Bertz CT molecular complexity index is 573. The molecule has 1 aliphatic heterocycles. The maximum Gasteiger partial charge on any atom is 0.200 e. The molecule has 0 unspecified atom stereocenters. The molecule has 92 valence electrons. The number of hydrogen-bond acceptors (Lipinski definition) is 3. The quantitative estimate of drug-likeness (QED) is 0.850. The molecule has 17 heavy (non-hydrogen) atoms. The molecule has 0 N–H and O–H groups in total. The lowest BCUT2D eigenvalue weighted by Crippen LogP contribution is -2.05. The van der Waals surface area contributed by atoms with Crippen molar-refractivity contribution >= 4 is 27.0 Å². The van der Waals surface area contributed by atoms with E-state index in [2.05, 4.69) is 0 Å². The maximum atomic E-state index is 11.9. The molecule has 0 bridgehead atoms. The molecule has 0 aromatic heterocycles. The van der Waals surface area contributed by atoms with Crippen molar-refractivity contribution in [1.29, 1.82) is 0 Å². The number of fused-ring (bicyclic) bond motifs is 1. The molecular weight excluding hydrogens is 260 g/mol. The summed E-state index contributed by atoms with van der Waals surface area (Å²) in [5.41, 5.74) is 1.20. The van der Waals surface area contributed by atoms with Gasteiger partial charge < -0.3 is 4.74 Å². The van der Waals surface area contributed by atoms with Crippen LogP contribution in [-0.4, -0.2) is 21.1 Å². The van der Waals surface area contributed by atoms with E-state index in [1.54, 1.807) is 18.2 Å². The molecule has 1 aromatic carbocycles. The number of hydrogen-bond donors (Lipinski definition) is 0. The fraction of sp³-hybridized carbons (Fsp3) is 0.333. The molecule has 0 aliphatic carbocycles. The van der Waals surface area contributed by atoms with Crippen molar-refractivity contribution in [2.24, 2.45) is 0 Å². The minimum absolute atomic E-state index is 0.0464. The summed E-state index contributed by atoms with van der Waals surface area (Å²) >= 11 is 6.05. The van der Waals surface area contributed by atoms with E-state index in [9.17, 15) is 8.42 Å². The summed E-state index contributed by atoms with van der Waals surface area (Å²) in [5.74, 6) is 0. The fourth-order valence-electron chi connectivity index (χ4n) is 1.73. The van der Waals surface area contributed by atoms with E-state index in [0.717, 1.165) is 0 Å². The summed E-state index contributed by atoms with van der Waals surface area (Å²) in [5, 5.41) is 1.69. The Labute approximate surface area is 106 Å². The van der Waals surface area contributed by atoms with Crippen LogP contribution in [-0.2, 0) is 14.6 Å². The van der Waals surface area contributed by atoms with Crippen LogP contribution >= 0.6 is 11.6 Å². The SMILES string of the molecule is CC(C)OCC1=CS(=O)(=O)c2cccc(Cl)c21. The van der Waals surface area contributed by atoms with Gasteiger partial charge in [-0.05, 0) is 31.6 Å². The predicted molar refractivity (Wildman–Crippen MR) is 67.7 cm³/mol. The first kappa shape index (κ1) is 12.6. The Morgan fingerprint density at radius 1 is 1.35 bits per heavy atom. The van der Waals surface area contributed by atoms with Crippen LogP contribution in [0.2, 0.25) is 5.02 Å². The summed E-state index contributed by atoms with van der Waals surface area (Å²) in [6, 6.07) is 4.89.